The number of urea groups is 1. The summed E-state index contributed by atoms with van der Waals surface area (Å²) in [7, 11) is 0. The van der Waals surface area contributed by atoms with Crippen molar-refractivity contribution in [1.29, 1.82) is 0 Å². The molecule has 2 unspecified atom stereocenters. The van der Waals surface area contributed by atoms with Crippen LogP contribution < -0.4 is 25.6 Å². The molecule has 1 fully saturated rings. The molecule has 2 aromatic rings. The number of piperidine rings is 1. The molecule has 3 N–H and O–H groups in total. The minimum Gasteiger partial charge on any atom is -0.491 e. The summed E-state index contributed by atoms with van der Waals surface area (Å²) in [6.07, 6.45) is 3.79. The summed E-state index contributed by atoms with van der Waals surface area (Å²) in [6.45, 7) is 5.71. The third-order valence-electron chi connectivity index (χ3n) is 5.87. The monoisotopic (exact) mass is 453 g/mol. The second kappa shape index (κ2) is 8.63. The lowest BCUT2D eigenvalue weighted by molar-refractivity contribution is -0.121. The zero-order valence-electron chi connectivity index (χ0n) is 18.1. The van der Waals surface area contributed by atoms with Crippen molar-refractivity contribution in [2.45, 2.75) is 55.2 Å². The van der Waals surface area contributed by atoms with Crippen LogP contribution in [0.4, 0.5) is 16.2 Å². The highest BCUT2D eigenvalue weighted by Crippen LogP contribution is 2.50. The highest BCUT2D eigenvalue weighted by molar-refractivity contribution is 8.01. The number of rotatable bonds is 5. The lowest BCUT2D eigenvalue weighted by Gasteiger charge is -2.34. The topological polar surface area (TPSA) is 95.6 Å². The van der Waals surface area contributed by atoms with E-state index in [0.717, 1.165) is 53.6 Å². The lowest BCUT2D eigenvalue weighted by Crippen LogP contribution is -2.52. The van der Waals surface area contributed by atoms with Gasteiger partial charge in [-0.25, -0.2) is 9.78 Å². The number of carbonyl (C=O) groups excluding carboxylic acids is 2. The standard InChI is InChI=1S/C23H27N5O3S/c1-13(2)31-16-7-5-15(6-8-16)28-17-9-11-25-22-18(17)19(27-23(28)30)20(32-22)21(29)26-14-4-3-10-24-12-14/h5-9,11,13-14,19-20,24H,3-4,10,12H2,1-2H3,(H,26,29)(H,27,30)/t14?,19?,20-/m1/s1. The van der Waals surface area contributed by atoms with Crippen LogP contribution in [0.2, 0.25) is 0 Å². The fourth-order valence-electron chi connectivity index (χ4n) is 4.49. The molecule has 0 spiro atoms. The Kier molecular flexibility index (Phi) is 5.69. The van der Waals surface area contributed by atoms with E-state index in [0.29, 0.717) is 0 Å². The maximum absolute atomic E-state index is 13.2. The third-order valence-corrected chi connectivity index (χ3v) is 7.16. The summed E-state index contributed by atoms with van der Waals surface area (Å²) < 4.78 is 5.72. The molecule has 1 saturated heterocycles. The summed E-state index contributed by atoms with van der Waals surface area (Å²) in [5.74, 6) is 0.699. The summed E-state index contributed by atoms with van der Waals surface area (Å²) >= 11 is 1.42. The second-order valence-electron chi connectivity index (χ2n) is 8.56. The van der Waals surface area contributed by atoms with Crippen molar-refractivity contribution in [2.75, 3.05) is 18.0 Å². The molecule has 3 amide bonds. The van der Waals surface area contributed by atoms with Crippen molar-refractivity contribution in [1.82, 2.24) is 20.9 Å². The van der Waals surface area contributed by atoms with Gasteiger partial charge in [0.05, 0.1) is 23.5 Å². The number of nitrogens with one attached hydrogen (secondary N) is 3. The Morgan fingerprint density at radius 2 is 2.09 bits per heavy atom. The SMILES string of the molecule is CC(C)Oc1ccc(N2C(=O)NC3c4c2ccnc4S[C@H]3C(=O)NC2CCCNC2)cc1. The van der Waals surface area contributed by atoms with Crippen molar-refractivity contribution in [3.05, 3.63) is 42.1 Å². The Labute approximate surface area is 191 Å². The van der Waals surface area contributed by atoms with Gasteiger partial charge >= 0.3 is 6.03 Å². The van der Waals surface area contributed by atoms with Gasteiger partial charge in [0.2, 0.25) is 5.91 Å². The van der Waals surface area contributed by atoms with Crippen LogP contribution in [0.25, 0.3) is 0 Å². The molecule has 0 saturated carbocycles. The smallest absolute Gasteiger partial charge is 0.327 e. The number of ether oxygens (including phenoxy) is 1. The van der Waals surface area contributed by atoms with Gasteiger partial charge in [0, 0.05) is 24.3 Å². The van der Waals surface area contributed by atoms with Gasteiger partial charge in [-0.3, -0.25) is 9.69 Å². The number of carbonyl (C=O) groups is 2. The lowest BCUT2D eigenvalue weighted by atomic mass is 9.99. The van der Waals surface area contributed by atoms with Gasteiger partial charge in [-0.05, 0) is 63.6 Å². The van der Waals surface area contributed by atoms with E-state index in [4.69, 9.17) is 4.74 Å². The average molecular weight is 454 g/mol. The molecule has 4 heterocycles. The normalized spacial score (nSPS) is 24.2. The van der Waals surface area contributed by atoms with Gasteiger partial charge in [0.1, 0.15) is 16.0 Å². The molecular formula is C23H27N5O3S. The second-order valence-corrected chi connectivity index (χ2v) is 9.69. The zero-order valence-corrected chi connectivity index (χ0v) is 18.9. The fourth-order valence-corrected chi connectivity index (χ4v) is 5.72. The molecule has 9 heteroatoms. The molecular weight excluding hydrogens is 426 g/mol. The first-order valence-corrected chi connectivity index (χ1v) is 11.9. The minimum absolute atomic E-state index is 0.0541. The van der Waals surface area contributed by atoms with E-state index in [1.54, 1.807) is 11.1 Å². The number of nitrogens with zero attached hydrogens (tertiary/aromatic N) is 2. The van der Waals surface area contributed by atoms with Gasteiger partial charge in [-0.2, -0.15) is 0 Å². The van der Waals surface area contributed by atoms with Crippen LogP contribution in [0.3, 0.4) is 0 Å². The zero-order chi connectivity index (χ0) is 22.2. The Morgan fingerprint density at radius 1 is 1.28 bits per heavy atom. The van der Waals surface area contributed by atoms with Crippen molar-refractivity contribution in [3.63, 3.8) is 0 Å². The van der Waals surface area contributed by atoms with Gasteiger partial charge in [-0.15, -0.1) is 0 Å². The number of amides is 3. The van der Waals surface area contributed by atoms with E-state index in [1.165, 1.54) is 11.8 Å². The third kappa shape index (κ3) is 3.91. The van der Waals surface area contributed by atoms with Crippen LogP contribution >= 0.6 is 11.8 Å². The number of hydrogen-bond acceptors (Lipinski definition) is 6. The van der Waals surface area contributed by atoms with E-state index in [9.17, 15) is 9.59 Å². The quantitative estimate of drug-likeness (QED) is 0.644. The van der Waals surface area contributed by atoms with Crippen LogP contribution in [0, 0.1) is 0 Å². The Morgan fingerprint density at radius 3 is 2.81 bits per heavy atom. The van der Waals surface area contributed by atoms with Crippen molar-refractivity contribution in [3.8, 4) is 5.75 Å². The summed E-state index contributed by atoms with van der Waals surface area (Å²) in [5.41, 5.74) is 2.40. The molecule has 3 aliphatic rings. The molecule has 32 heavy (non-hydrogen) atoms. The molecule has 5 rings (SSSR count). The Hall–Kier alpha value is -2.78. The number of thioether (sulfide) groups is 1. The highest BCUT2D eigenvalue weighted by Gasteiger charge is 2.46. The van der Waals surface area contributed by atoms with Crippen LogP contribution in [0.5, 0.6) is 5.75 Å². The molecule has 168 valence electrons. The molecule has 8 nitrogen and oxygen atoms in total. The Bertz CT molecular complexity index is 1020. The number of hydrogen-bond donors (Lipinski definition) is 3. The number of benzene rings is 1. The maximum atomic E-state index is 13.2. The van der Waals surface area contributed by atoms with Gasteiger partial charge in [0.15, 0.2) is 0 Å². The molecule has 3 aliphatic heterocycles. The molecule has 0 aliphatic carbocycles. The van der Waals surface area contributed by atoms with E-state index >= 15 is 0 Å². The first kappa shape index (κ1) is 21.1. The summed E-state index contributed by atoms with van der Waals surface area (Å²) in [5, 5.41) is 9.88. The molecule has 3 atom stereocenters. The predicted octanol–water partition coefficient (Wildman–Crippen LogP) is 3.11. The highest BCUT2D eigenvalue weighted by atomic mass is 32.2. The van der Waals surface area contributed by atoms with E-state index < -0.39 is 11.3 Å². The van der Waals surface area contributed by atoms with Crippen molar-refractivity contribution < 1.29 is 14.3 Å². The van der Waals surface area contributed by atoms with E-state index in [1.807, 2.05) is 44.2 Å². The van der Waals surface area contributed by atoms with Crippen LogP contribution in [-0.4, -0.2) is 47.4 Å². The van der Waals surface area contributed by atoms with Crippen LogP contribution in [0.1, 0.15) is 38.3 Å². The number of pyridine rings is 1. The average Bonchev–Trinajstić information content (AvgIpc) is 3.15. The van der Waals surface area contributed by atoms with Gasteiger partial charge in [0.25, 0.3) is 0 Å². The minimum atomic E-state index is -0.437. The van der Waals surface area contributed by atoms with E-state index in [2.05, 4.69) is 20.9 Å². The van der Waals surface area contributed by atoms with E-state index in [-0.39, 0.29) is 24.1 Å². The predicted molar refractivity (Wildman–Crippen MR) is 124 cm³/mol. The van der Waals surface area contributed by atoms with Crippen LogP contribution in [0.15, 0.2) is 41.6 Å². The van der Waals surface area contributed by atoms with Crippen LogP contribution in [-0.2, 0) is 4.79 Å². The largest absolute Gasteiger partial charge is 0.491 e. The first-order chi connectivity index (χ1) is 15.5. The molecule has 1 aromatic carbocycles. The van der Waals surface area contributed by atoms with Gasteiger partial charge < -0.3 is 20.7 Å². The van der Waals surface area contributed by atoms with Gasteiger partial charge in [-0.1, -0.05) is 11.8 Å². The number of aromatic nitrogens is 1. The molecule has 0 bridgehead atoms. The first-order valence-electron chi connectivity index (χ1n) is 11.1. The Balaban J connectivity index is 1.41. The molecule has 1 aromatic heterocycles. The molecule has 0 radical (unpaired) electrons. The van der Waals surface area contributed by atoms with Crippen molar-refractivity contribution >= 4 is 35.1 Å². The van der Waals surface area contributed by atoms with Crippen molar-refractivity contribution in [2.24, 2.45) is 0 Å². The summed E-state index contributed by atoms with van der Waals surface area (Å²) in [6, 6.07) is 8.77. The summed E-state index contributed by atoms with van der Waals surface area (Å²) in [4.78, 5) is 32.4. The fraction of sp³-hybridized carbons (Fsp3) is 0.435. The maximum Gasteiger partial charge on any atom is 0.327 e. The number of anilines is 2.